The van der Waals surface area contributed by atoms with Crippen LogP contribution in [0.2, 0.25) is 15.6 Å². The van der Waals surface area contributed by atoms with Crippen LogP contribution in [0.25, 0.3) is 6.08 Å². The summed E-state index contributed by atoms with van der Waals surface area (Å²) in [5.41, 5.74) is 4.44. The molecular weight excluding hydrogens is 397 g/mol. The van der Waals surface area contributed by atoms with Gasteiger partial charge < -0.3 is 10.2 Å². The van der Waals surface area contributed by atoms with Crippen LogP contribution >= 0.6 is 34.8 Å². The van der Waals surface area contributed by atoms with E-state index in [9.17, 15) is 0 Å². The monoisotopic (exact) mass is 407 g/mol. The van der Waals surface area contributed by atoms with Gasteiger partial charge in [-0.3, -0.25) is 0 Å². The average molecular weight is 409 g/mol. The van der Waals surface area contributed by atoms with E-state index in [1.54, 1.807) is 18.3 Å². The van der Waals surface area contributed by atoms with Gasteiger partial charge in [0.05, 0.1) is 10.7 Å². The molecule has 0 aliphatic carbocycles. The van der Waals surface area contributed by atoms with Crippen molar-refractivity contribution in [3.8, 4) is 5.75 Å². The number of aromatic nitrogens is 3. The molecule has 1 aromatic heterocycles. The van der Waals surface area contributed by atoms with Crippen molar-refractivity contribution in [2.75, 3.05) is 5.32 Å². The van der Waals surface area contributed by atoms with Crippen LogP contribution in [0.3, 0.4) is 0 Å². The number of nitrogens with zero attached hydrogens (tertiary/aromatic N) is 3. The van der Waals surface area contributed by atoms with E-state index in [4.69, 9.17) is 39.6 Å². The Balaban J connectivity index is 0.000000167. The van der Waals surface area contributed by atoms with Crippen LogP contribution in [0, 0.1) is 0 Å². The van der Waals surface area contributed by atoms with Crippen LogP contribution < -0.4 is 15.6 Å². The van der Waals surface area contributed by atoms with Gasteiger partial charge in [-0.15, -0.1) is 0 Å². The zero-order valence-electron chi connectivity index (χ0n) is 13.2. The lowest BCUT2D eigenvalue weighted by Crippen LogP contribution is -2.13. The van der Waals surface area contributed by atoms with Crippen molar-refractivity contribution in [1.29, 1.82) is 0 Å². The first kappa shape index (κ1) is 18.3. The van der Waals surface area contributed by atoms with E-state index in [2.05, 4.69) is 25.7 Å². The molecule has 1 aliphatic rings. The Kier molecular flexibility index (Phi) is 6.12. The third kappa shape index (κ3) is 4.98. The standard InChI is InChI=1S/C9H5Cl3N4.C8H7NO/c10-5-3-1-2-4-6(5)13-9-15-7(11)14-8(12)16-9;1-2-4-8-7(3-1)5-6-9-10-8/h1-4H,(H,13,14,15,16);1-6,9H. The highest BCUT2D eigenvalue weighted by Gasteiger charge is 2.05. The summed E-state index contributed by atoms with van der Waals surface area (Å²) >= 11 is 17.2. The molecule has 1 aliphatic heterocycles. The number of hydrogen-bond donors (Lipinski definition) is 2. The zero-order valence-corrected chi connectivity index (χ0v) is 15.4. The fourth-order valence-electron chi connectivity index (χ4n) is 2.00. The number of rotatable bonds is 2. The molecule has 0 amide bonds. The molecule has 2 N–H and O–H groups in total. The van der Waals surface area contributed by atoms with Crippen molar-refractivity contribution in [1.82, 2.24) is 20.4 Å². The minimum atomic E-state index is 0.0227. The first-order valence-electron chi connectivity index (χ1n) is 7.38. The van der Waals surface area contributed by atoms with Crippen molar-refractivity contribution in [3.63, 3.8) is 0 Å². The number of anilines is 2. The maximum Gasteiger partial charge on any atom is 0.232 e. The SMILES string of the molecule is C1=Cc2ccccc2ON1.Clc1nc(Cl)nc(Nc2ccccc2Cl)n1. The number of hydroxylamine groups is 1. The Morgan fingerprint density at radius 3 is 2.27 bits per heavy atom. The van der Waals surface area contributed by atoms with Crippen LogP contribution in [0.4, 0.5) is 11.6 Å². The molecule has 4 rings (SSSR count). The highest BCUT2D eigenvalue weighted by molar-refractivity contribution is 6.33. The largest absolute Gasteiger partial charge is 0.382 e. The summed E-state index contributed by atoms with van der Waals surface area (Å²) in [7, 11) is 0. The third-order valence-corrected chi connectivity index (χ3v) is 3.79. The molecule has 0 bridgehead atoms. The molecule has 26 heavy (non-hydrogen) atoms. The van der Waals surface area contributed by atoms with Gasteiger partial charge in [-0.25, -0.2) is 5.48 Å². The van der Waals surface area contributed by atoms with Crippen molar-refractivity contribution in [3.05, 3.63) is 75.9 Å². The number of fused-ring (bicyclic) bond motifs is 1. The highest BCUT2D eigenvalue weighted by atomic mass is 35.5. The normalized spacial score (nSPS) is 11.3. The average Bonchev–Trinajstić information content (AvgIpc) is 2.63. The quantitative estimate of drug-likeness (QED) is 0.612. The number of benzene rings is 2. The summed E-state index contributed by atoms with van der Waals surface area (Å²) in [5.74, 6) is 1.13. The van der Waals surface area contributed by atoms with E-state index in [0.29, 0.717) is 10.7 Å². The molecule has 3 aromatic rings. The highest BCUT2D eigenvalue weighted by Crippen LogP contribution is 2.24. The molecule has 0 saturated heterocycles. The van der Waals surface area contributed by atoms with E-state index in [0.717, 1.165) is 11.3 Å². The Labute approximate surface area is 164 Å². The molecule has 6 nitrogen and oxygen atoms in total. The summed E-state index contributed by atoms with van der Waals surface area (Å²) in [6.07, 6.45) is 3.74. The van der Waals surface area contributed by atoms with E-state index in [1.807, 2.05) is 42.5 Å². The van der Waals surface area contributed by atoms with Crippen molar-refractivity contribution < 1.29 is 4.84 Å². The number of nitrogens with one attached hydrogen (secondary N) is 2. The Bertz CT molecular complexity index is 916. The second-order valence-electron chi connectivity index (χ2n) is 4.89. The maximum absolute atomic E-state index is 5.95. The van der Waals surface area contributed by atoms with Gasteiger partial charge in [-0.2, -0.15) is 15.0 Å². The Morgan fingerprint density at radius 2 is 1.54 bits per heavy atom. The topological polar surface area (TPSA) is 72.0 Å². The Hall–Kier alpha value is -2.54. The molecule has 132 valence electrons. The van der Waals surface area contributed by atoms with E-state index in [-0.39, 0.29) is 16.5 Å². The van der Waals surface area contributed by atoms with Gasteiger partial charge in [0.25, 0.3) is 0 Å². The minimum Gasteiger partial charge on any atom is -0.382 e. The minimum absolute atomic E-state index is 0.0227. The van der Waals surface area contributed by atoms with Crippen molar-refractivity contribution in [2.24, 2.45) is 0 Å². The molecule has 0 radical (unpaired) electrons. The predicted molar refractivity (Wildman–Crippen MR) is 104 cm³/mol. The second kappa shape index (κ2) is 8.71. The summed E-state index contributed by atoms with van der Waals surface area (Å²) < 4.78 is 0. The molecule has 9 heteroatoms. The summed E-state index contributed by atoms with van der Waals surface area (Å²) in [5, 5.41) is 3.49. The van der Waals surface area contributed by atoms with Gasteiger partial charge in [0.2, 0.25) is 16.5 Å². The van der Waals surface area contributed by atoms with Gasteiger partial charge in [-0.1, -0.05) is 41.9 Å². The van der Waals surface area contributed by atoms with Crippen LogP contribution in [0.15, 0.2) is 54.7 Å². The molecule has 2 aromatic carbocycles. The van der Waals surface area contributed by atoms with Crippen LogP contribution in [-0.4, -0.2) is 15.0 Å². The van der Waals surface area contributed by atoms with Crippen LogP contribution in [0.1, 0.15) is 5.56 Å². The molecule has 0 spiro atoms. The van der Waals surface area contributed by atoms with Gasteiger partial charge >= 0.3 is 0 Å². The second-order valence-corrected chi connectivity index (χ2v) is 5.98. The van der Waals surface area contributed by atoms with Gasteiger partial charge in [0.15, 0.2) is 5.75 Å². The van der Waals surface area contributed by atoms with Gasteiger partial charge in [0, 0.05) is 11.8 Å². The number of halogens is 3. The summed E-state index contributed by atoms with van der Waals surface area (Å²) in [4.78, 5) is 16.4. The molecule has 0 unspecified atom stereocenters. The number of hydrogen-bond acceptors (Lipinski definition) is 6. The van der Waals surface area contributed by atoms with E-state index in [1.165, 1.54) is 0 Å². The lowest BCUT2D eigenvalue weighted by Gasteiger charge is -2.11. The summed E-state index contributed by atoms with van der Waals surface area (Å²) in [6.45, 7) is 0. The number of para-hydroxylation sites is 2. The lowest BCUT2D eigenvalue weighted by atomic mass is 10.2. The van der Waals surface area contributed by atoms with E-state index >= 15 is 0 Å². The Morgan fingerprint density at radius 1 is 0.846 bits per heavy atom. The smallest absolute Gasteiger partial charge is 0.232 e. The van der Waals surface area contributed by atoms with Crippen LogP contribution in [-0.2, 0) is 0 Å². The molecule has 0 atom stereocenters. The van der Waals surface area contributed by atoms with Crippen molar-refractivity contribution in [2.45, 2.75) is 0 Å². The fourth-order valence-corrected chi connectivity index (χ4v) is 2.54. The van der Waals surface area contributed by atoms with Gasteiger partial charge in [-0.05, 0) is 47.5 Å². The lowest BCUT2D eigenvalue weighted by molar-refractivity contribution is 0.239. The zero-order chi connectivity index (χ0) is 18.4. The molecule has 0 fully saturated rings. The molecular formula is C17H12Cl3N5O. The molecule has 0 saturated carbocycles. The third-order valence-electron chi connectivity index (χ3n) is 3.12. The molecule has 2 heterocycles. The summed E-state index contributed by atoms with van der Waals surface area (Å²) in [6, 6.07) is 15.0. The maximum atomic E-state index is 5.95. The van der Waals surface area contributed by atoms with E-state index < -0.39 is 0 Å². The first-order chi connectivity index (χ1) is 12.6. The van der Waals surface area contributed by atoms with Crippen molar-refractivity contribution >= 4 is 52.5 Å². The fraction of sp³-hybridized carbons (Fsp3) is 0. The van der Waals surface area contributed by atoms with Gasteiger partial charge in [0.1, 0.15) is 0 Å². The van der Waals surface area contributed by atoms with Crippen LogP contribution in [0.5, 0.6) is 5.75 Å². The predicted octanol–water partition coefficient (Wildman–Crippen LogP) is 5.13. The first-order valence-corrected chi connectivity index (χ1v) is 8.52.